The number of rotatable bonds is 13. The van der Waals surface area contributed by atoms with E-state index in [4.69, 9.17) is 19.6 Å². The van der Waals surface area contributed by atoms with Gasteiger partial charge in [0.15, 0.2) is 10.8 Å². The number of fused-ring (bicyclic) bond motifs is 3. The molecule has 6 heterocycles. The normalized spacial score (nSPS) is 18.9. The first-order valence-corrected chi connectivity index (χ1v) is 28.3. The standard InChI is InChI=1S/C61H67N9O7S/c1-37-41(42-26-28-51(63-55(42)59(75)77-61(2,3)4)70-31-30-39-13-9-15-43(46(39)36-70)57(73)65-60-62-47-17-6-7-20-50(47)78-60)14-11-19-49(37)76-40-24-22-38(23-25-40)12-8-21-53(72)69-34-32-68(33-35-69)48-18-10-16-44-54(66-67(5)56(44)48)45-27-29-52(71)64-58(45)74/h6-7,9-11,13-20,26,28,38,40,45H,8,12,21-25,27,29-36H2,1-5H3,(H,62,65,73)(H,64,71,74). The molecule has 0 radical (unpaired) electrons. The Bertz CT molecular complexity index is 3420. The maximum Gasteiger partial charge on any atom is 0.358 e. The van der Waals surface area contributed by atoms with E-state index in [0.717, 1.165) is 93.3 Å². The minimum Gasteiger partial charge on any atom is -0.490 e. The van der Waals surface area contributed by atoms with E-state index in [9.17, 15) is 24.0 Å². The SMILES string of the molecule is Cc1c(OC2CCC(CCCC(=O)N3CCN(c4cccc5c(C6CCC(=O)NC6=O)nn(C)c45)CC3)CC2)cccc1-c1ccc(N2CCc3cccc(C(=O)Nc4nc5ccccc5s4)c3C2)nc1C(=O)OC(C)(C)C. The van der Waals surface area contributed by atoms with Gasteiger partial charge in [-0.25, -0.2) is 14.8 Å². The molecule has 404 valence electrons. The number of pyridine rings is 1. The van der Waals surface area contributed by atoms with Gasteiger partial charge in [-0.15, -0.1) is 0 Å². The first-order chi connectivity index (χ1) is 37.6. The van der Waals surface area contributed by atoms with E-state index in [-0.39, 0.29) is 35.4 Å². The number of benzene rings is 4. The largest absolute Gasteiger partial charge is 0.490 e. The van der Waals surface area contributed by atoms with Crippen molar-refractivity contribution in [3.63, 3.8) is 0 Å². The van der Waals surface area contributed by atoms with Gasteiger partial charge in [-0.3, -0.25) is 34.5 Å². The van der Waals surface area contributed by atoms with E-state index < -0.39 is 17.5 Å². The lowest BCUT2D eigenvalue weighted by Gasteiger charge is -2.36. The van der Waals surface area contributed by atoms with Crippen LogP contribution in [0.3, 0.4) is 0 Å². The number of hydrogen-bond acceptors (Lipinski definition) is 13. The molecule has 3 aliphatic heterocycles. The van der Waals surface area contributed by atoms with Gasteiger partial charge < -0.3 is 24.2 Å². The van der Waals surface area contributed by atoms with Crippen LogP contribution in [0.15, 0.2) is 91.0 Å². The number of amides is 4. The van der Waals surface area contributed by atoms with Crippen LogP contribution in [0.1, 0.15) is 128 Å². The Morgan fingerprint density at radius 1 is 0.808 bits per heavy atom. The molecule has 1 aliphatic carbocycles. The van der Waals surface area contributed by atoms with E-state index in [0.29, 0.717) is 98.6 Å². The summed E-state index contributed by atoms with van der Waals surface area (Å²) in [5.41, 5.74) is 8.03. The van der Waals surface area contributed by atoms with Gasteiger partial charge in [0, 0.05) is 75.7 Å². The molecule has 4 aliphatic rings. The van der Waals surface area contributed by atoms with Gasteiger partial charge in [-0.05, 0) is 150 Å². The number of piperidine rings is 1. The number of imide groups is 1. The molecule has 4 aromatic carbocycles. The second-order valence-corrected chi connectivity index (χ2v) is 23.3. The summed E-state index contributed by atoms with van der Waals surface area (Å²) >= 11 is 1.45. The number of piperazine rings is 1. The van der Waals surface area contributed by atoms with E-state index >= 15 is 0 Å². The predicted octanol–water partition coefficient (Wildman–Crippen LogP) is 10.3. The fourth-order valence-electron chi connectivity index (χ4n) is 11.9. The third kappa shape index (κ3) is 11.1. The lowest BCUT2D eigenvalue weighted by atomic mass is 9.84. The summed E-state index contributed by atoms with van der Waals surface area (Å²) in [6, 6.07) is 29.6. The Hall–Kier alpha value is -7.66. The minimum absolute atomic E-state index is 0.0512. The van der Waals surface area contributed by atoms with Crippen molar-refractivity contribution < 1.29 is 33.4 Å². The van der Waals surface area contributed by atoms with Crippen molar-refractivity contribution in [3.8, 4) is 16.9 Å². The Morgan fingerprint density at radius 2 is 1.59 bits per heavy atom. The van der Waals surface area contributed by atoms with E-state index in [2.05, 4.69) is 37.6 Å². The molecule has 2 N–H and O–H groups in total. The first-order valence-electron chi connectivity index (χ1n) is 27.5. The van der Waals surface area contributed by atoms with E-state index in [1.807, 2.05) is 123 Å². The number of anilines is 3. The van der Waals surface area contributed by atoms with Crippen molar-refractivity contribution in [2.24, 2.45) is 13.0 Å². The maximum atomic E-state index is 14.1. The van der Waals surface area contributed by atoms with Gasteiger partial charge in [0.05, 0.1) is 39.1 Å². The molecule has 3 fully saturated rings. The Balaban J connectivity index is 0.692. The molecule has 11 rings (SSSR count). The highest BCUT2D eigenvalue weighted by molar-refractivity contribution is 7.22. The molecule has 1 unspecified atom stereocenters. The van der Waals surface area contributed by atoms with Crippen LogP contribution < -0.4 is 25.2 Å². The summed E-state index contributed by atoms with van der Waals surface area (Å²) in [5, 5.41) is 11.7. The summed E-state index contributed by atoms with van der Waals surface area (Å²) in [7, 11) is 1.90. The van der Waals surface area contributed by atoms with Gasteiger partial charge in [-0.1, -0.05) is 59.9 Å². The third-order valence-corrected chi connectivity index (χ3v) is 16.9. The zero-order valence-corrected chi connectivity index (χ0v) is 45.9. The lowest BCUT2D eigenvalue weighted by molar-refractivity contribution is -0.134. The number of esters is 1. The zero-order valence-electron chi connectivity index (χ0n) is 45.1. The monoisotopic (exact) mass is 1070 g/mol. The average molecular weight is 1070 g/mol. The molecule has 3 aromatic heterocycles. The van der Waals surface area contributed by atoms with Crippen molar-refractivity contribution in [2.45, 2.75) is 116 Å². The second kappa shape index (κ2) is 22.0. The van der Waals surface area contributed by atoms with Crippen LogP contribution in [0.4, 0.5) is 16.6 Å². The molecule has 1 atom stereocenters. The van der Waals surface area contributed by atoms with Crippen LogP contribution in [0.5, 0.6) is 5.75 Å². The fraction of sp³-hybridized carbons (Fsp3) is 0.410. The molecule has 0 spiro atoms. The smallest absolute Gasteiger partial charge is 0.358 e. The second-order valence-electron chi connectivity index (χ2n) is 22.3. The molecule has 7 aromatic rings. The van der Waals surface area contributed by atoms with Gasteiger partial charge in [-0.2, -0.15) is 5.10 Å². The number of aromatic nitrogens is 4. The number of para-hydroxylation sites is 2. The topological polar surface area (TPSA) is 181 Å². The first kappa shape index (κ1) is 52.4. The summed E-state index contributed by atoms with van der Waals surface area (Å²) < 4.78 is 15.6. The van der Waals surface area contributed by atoms with E-state index in [1.54, 1.807) is 0 Å². The highest BCUT2D eigenvalue weighted by Crippen LogP contribution is 2.39. The Morgan fingerprint density at radius 3 is 2.37 bits per heavy atom. The van der Waals surface area contributed by atoms with Crippen LogP contribution >= 0.6 is 11.3 Å². The third-order valence-electron chi connectivity index (χ3n) is 15.9. The number of ether oxygens (including phenoxy) is 2. The minimum atomic E-state index is -0.749. The average Bonchev–Trinajstić information content (AvgIpc) is 4.11. The molecule has 2 saturated heterocycles. The number of nitrogens with zero attached hydrogens (tertiary/aromatic N) is 7. The number of thiazole rings is 1. The van der Waals surface area contributed by atoms with Crippen molar-refractivity contribution in [3.05, 3.63) is 125 Å². The molecular weight excluding hydrogens is 1000 g/mol. The molecule has 1 saturated carbocycles. The lowest BCUT2D eigenvalue weighted by Crippen LogP contribution is -2.48. The van der Waals surface area contributed by atoms with Crippen LogP contribution in [-0.4, -0.2) is 98.7 Å². The predicted molar refractivity (Wildman–Crippen MR) is 303 cm³/mol. The van der Waals surface area contributed by atoms with Crippen molar-refractivity contribution >= 4 is 78.7 Å². The Kier molecular flexibility index (Phi) is 14.8. The van der Waals surface area contributed by atoms with Crippen molar-refractivity contribution in [2.75, 3.05) is 47.8 Å². The molecule has 16 nitrogen and oxygen atoms in total. The fourth-order valence-corrected chi connectivity index (χ4v) is 12.7. The van der Waals surface area contributed by atoms with Gasteiger partial charge >= 0.3 is 5.97 Å². The number of hydrogen-bond donors (Lipinski definition) is 2. The highest BCUT2D eigenvalue weighted by Gasteiger charge is 2.34. The van der Waals surface area contributed by atoms with Crippen molar-refractivity contribution in [1.29, 1.82) is 0 Å². The van der Waals surface area contributed by atoms with Crippen LogP contribution in [0.25, 0.3) is 32.2 Å². The number of carbonyl (C=O) groups is 5. The van der Waals surface area contributed by atoms with Crippen molar-refractivity contribution in [1.82, 2.24) is 30.0 Å². The number of carbonyl (C=O) groups excluding carboxylic acids is 5. The molecule has 17 heteroatoms. The number of nitrogens with one attached hydrogen (secondary N) is 2. The quantitative estimate of drug-likeness (QED) is 0.0825. The summed E-state index contributed by atoms with van der Waals surface area (Å²) in [5.74, 6) is 0.413. The molecule has 78 heavy (non-hydrogen) atoms. The van der Waals surface area contributed by atoms with Crippen LogP contribution in [0, 0.1) is 12.8 Å². The molecular formula is C61H67N9O7S. The zero-order chi connectivity index (χ0) is 54.2. The summed E-state index contributed by atoms with van der Waals surface area (Å²) in [6.45, 7) is 11.4. The maximum absolute atomic E-state index is 14.1. The van der Waals surface area contributed by atoms with Gasteiger partial charge in [0.1, 0.15) is 17.2 Å². The molecule has 4 amide bonds. The highest BCUT2D eigenvalue weighted by atomic mass is 32.1. The summed E-state index contributed by atoms with van der Waals surface area (Å²) in [4.78, 5) is 82.1. The Labute approximate surface area is 458 Å². The summed E-state index contributed by atoms with van der Waals surface area (Å²) in [6.07, 6.45) is 7.81. The number of aryl methyl sites for hydroxylation is 1. The van der Waals surface area contributed by atoms with Crippen LogP contribution in [-0.2, 0) is 39.1 Å². The van der Waals surface area contributed by atoms with Gasteiger partial charge in [0.25, 0.3) is 5.91 Å². The molecule has 0 bridgehead atoms. The van der Waals surface area contributed by atoms with Crippen LogP contribution in [0.2, 0.25) is 0 Å². The van der Waals surface area contributed by atoms with E-state index in [1.165, 1.54) is 11.3 Å². The van der Waals surface area contributed by atoms with Gasteiger partial charge in [0.2, 0.25) is 17.7 Å².